The van der Waals surface area contributed by atoms with E-state index in [4.69, 9.17) is 21.6 Å². The van der Waals surface area contributed by atoms with Crippen molar-refractivity contribution in [2.45, 2.75) is 95.3 Å². The van der Waals surface area contributed by atoms with Gasteiger partial charge in [-0.3, -0.25) is 4.99 Å². The number of ether oxygens (including phenoxy) is 1. The van der Waals surface area contributed by atoms with Crippen LogP contribution in [0.4, 0.5) is 0 Å². The molecule has 4 fully saturated rings. The van der Waals surface area contributed by atoms with Crippen molar-refractivity contribution in [3.05, 3.63) is 0 Å². The summed E-state index contributed by atoms with van der Waals surface area (Å²) in [4.78, 5) is 4.11. The average molecular weight is 448 g/mol. The Balaban J connectivity index is 1.55. The van der Waals surface area contributed by atoms with E-state index in [1.807, 2.05) is 0 Å². The van der Waals surface area contributed by atoms with E-state index in [0.29, 0.717) is 42.8 Å². The normalized spacial score (nSPS) is 46.1. The summed E-state index contributed by atoms with van der Waals surface area (Å²) in [5.74, 6) is 1.97. The van der Waals surface area contributed by atoms with E-state index < -0.39 is 5.60 Å². The third kappa shape index (κ3) is 3.68. The molecule has 0 aromatic heterocycles. The minimum atomic E-state index is -0.735. The molecule has 0 aliphatic heterocycles. The van der Waals surface area contributed by atoms with Crippen LogP contribution in [-0.4, -0.2) is 55.2 Å². The van der Waals surface area contributed by atoms with E-state index in [2.05, 4.69) is 17.2 Å². The van der Waals surface area contributed by atoms with E-state index in [0.717, 1.165) is 58.0 Å². The van der Waals surface area contributed by atoms with Gasteiger partial charge in [0.2, 0.25) is 0 Å². The Morgan fingerprint density at radius 3 is 2.72 bits per heavy atom. The zero-order valence-corrected chi connectivity index (χ0v) is 20.1. The zero-order chi connectivity index (χ0) is 23.0. The molecule has 32 heavy (non-hydrogen) atoms. The third-order valence-corrected chi connectivity index (χ3v) is 10.2. The monoisotopic (exact) mass is 447 g/mol. The van der Waals surface area contributed by atoms with Gasteiger partial charge >= 0.3 is 0 Å². The van der Waals surface area contributed by atoms with E-state index in [1.54, 1.807) is 7.05 Å². The lowest BCUT2D eigenvalue weighted by Gasteiger charge is -2.64. The number of aliphatic imine (C=N–C) groups is 1. The van der Waals surface area contributed by atoms with Crippen molar-refractivity contribution in [3.8, 4) is 0 Å². The van der Waals surface area contributed by atoms with Crippen molar-refractivity contribution < 1.29 is 9.84 Å². The summed E-state index contributed by atoms with van der Waals surface area (Å²) in [7, 11) is 1.70. The Morgan fingerprint density at radius 2 is 2.00 bits per heavy atom. The lowest BCUT2D eigenvalue weighted by Crippen LogP contribution is -2.65. The molecule has 4 aliphatic carbocycles. The molecule has 0 aromatic rings. The van der Waals surface area contributed by atoms with Crippen molar-refractivity contribution >= 4 is 12.2 Å². The molecule has 8 atom stereocenters. The van der Waals surface area contributed by atoms with Gasteiger partial charge < -0.3 is 32.0 Å². The lowest BCUT2D eigenvalue weighted by atomic mass is 9.43. The highest BCUT2D eigenvalue weighted by molar-refractivity contribution is 5.78. The maximum absolute atomic E-state index is 12.4. The van der Waals surface area contributed by atoms with Gasteiger partial charge in [-0.25, -0.2) is 0 Å². The molecule has 0 radical (unpaired) electrons. The Morgan fingerprint density at radius 1 is 1.19 bits per heavy atom. The number of nitrogens with one attached hydrogen (secondary N) is 2. The van der Waals surface area contributed by atoms with E-state index in [-0.39, 0.29) is 16.9 Å². The number of nitrogens with zero attached hydrogens (tertiary/aromatic N) is 1. The largest absolute Gasteiger partial charge is 0.389 e. The fourth-order valence-electron chi connectivity index (χ4n) is 8.55. The van der Waals surface area contributed by atoms with Crippen LogP contribution < -0.4 is 16.8 Å². The molecule has 0 unspecified atom stereocenters. The first-order chi connectivity index (χ1) is 15.3. The molecule has 0 saturated heterocycles. The second-order valence-corrected chi connectivity index (χ2v) is 11.3. The van der Waals surface area contributed by atoms with Crippen LogP contribution in [0.2, 0.25) is 0 Å². The molecule has 0 amide bonds. The fourth-order valence-corrected chi connectivity index (χ4v) is 8.55. The highest BCUT2D eigenvalue weighted by atomic mass is 16.5. The number of rotatable bonds is 7. The van der Waals surface area contributed by atoms with Gasteiger partial charge in [-0.1, -0.05) is 6.92 Å². The highest BCUT2D eigenvalue weighted by Crippen LogP contribution is 2.68. The first kappa shape index (κ1) is 24.0. The summed E-state index contributed by atoms with van der Waals surface area (Å²) >= 11 is 0. The van der Waals surface area contributed by atoms with Crippen LogP contribution in [0.3, 0.4) is 0 Å². The summed E-state index contributed by atoms with van der Waals surface area (Å²) in [5.41, 5.74) is 10.9. The molecule has 4 aliphatic rings. The van der Waals surface area contributed by atoms with Gasteiger partial charge in [-0.15, -0.1) is 0 Å². The topological polar surface area (TPSA) is 130 Å². The molecule has 7 N–H and O–H groups in total. The highest BCUT2D eigenvalue weighted by Gasteiger charge is 2.68. The molecule has 0 spiro atoms. The number of fused-ring (bicyclic) bond motifs is 5. The smallest absolute Gasteiger partial charge is 0.188 e. The first-order valence-corrected chi connectivity index (χ1v) is 12.9. The number of nitrogens with two attached hydrogens (primary N) is 2. The summed E-state index contributed by atoms with van der Waals surface area (Å²) in [6.07, 6.45) is 12.9. The van der Waals surface area contributed by atoms with Crippen molar-refractivity contribution in [2.75, 3.05) is 20.2 Å². The minimum Gasteiger partial charge on any atom is -0.389 e. The van der Waals surface area contributed by atoms with Crippen LogP contribution >= 0.6 is 0 Å². The molecule has 7 nitrogen and oxygen atoms in total. The predicted molar refractivity (Wildman–Crippen MR) is 129 cm³/mol. The van der Waals surface area contributed by atoms with Gasteiger partial charge in [-0.2, -0.15) is 0 Å². The Kier molecular flexibility index (Phi) is 6.91. The van der Waals surface area contributed by atoms with Crippen molar-refractivity contribution in [1.82, 2.24) is 5.32 Å². The molecule has 0 heterocycles. The predicted octanol–water partition coefficient (Wildman–Crippen LogP) is 2.80. The lowest BCUT2D eigenvalue weighted by molar-refractivity contribution is -0.210. The summed E-state index contributed by atoms with van der Waals surface area (Å²) in [5, 5.41) is 23.7. The van der Waals surface area contributed by atoms with Crippen LogP contribution in [0.5, 0.6) is 0 Å². The SMILES string of the molecule is CN=C(N)N[C@H]1CC[C@]2(O)[C@@H]3CC[C@@H]4C[C@@H](OCCCN)CC[C@]4(C)[C@H]3CC[C@]12CC=N. The summed E-state index contributed by atoms with van der Waals surface area (Å²) in [6, 6.07) is 0.0796. The summed E-state index contributed by atoms with van der Waals surface area (Å²) < 4.78 is 6.17. The van der Waals surface area contributed by atoms with Gasteiger partial charge in [0.05, 0.1) is 11.7 Å². The maximum atomic E-state index is 12.4. The van der Waals surface area contributed by atoms with E-state index >= 15 is 0 Å². The summed E-state index contributed by atoms with van der Waals surface area (Å²) in [6.45, 7) is 3.98. The second kappa shape index (κ2) is 9.22. The van der Waals surface area contributed by atoms with Crippen LogP contribution in [0.1, 0.15) is 77.6 Å². The molecule has 0 aromatic carbocycles. The minimum absolute atomic E-state index is 0.0796. The Bertz CT molecular complexity index is 716. The van der Waals surface area contributed by atoms with Crippen molar-refractivity contribution in [1.29, 1.82) is 5.41 Å². The molecule has 7 heteroatoms. The van der Waals surface area contributed by atoms with Crippen LogP contribution in [0, 0.1) is 34.0 Å². The van der Waals surface area contributed by atoms with Gasteiger partial charge in [-0.05, 0) is 107 Å². The quantitative estimate of drug-likeness (QED) is 0.233. The molecule has 0 bridgehead atoms. The second-order valence-electron chi connectivity index (χ2n) is 11.3. The van der Waals surface area contributed by atoms with Gasteiger partial charge in [0.25, 0.3) is 0 Å². The standard InChI is InChI=1S/C25H45N5O2/c1-23-9-6-18(32-15-3-13-26)16-17(23)4-5-20-19(23)7-10-24(12-14-27)21(30-22(28)29-2)8-11-25(20,24)31/h14,17-21,27,31H,3-13,15-16,26H2,1-2H3,(H3,28,29,30)/t17-,18+,19+,20-,21+,23+,24+,25+/m1/s1. The number of hydrogen-bond donors (Lipinski definition) is 5. The van der Waals surface area contributed by atoms with E-state index in [9.17, 15) is 5.11 Å². The maximum Gasteiger partial charge on any atom is 0.188 e. The first-order valence-electron chi connectivity index (χ1n) is 12.9. The number of aliphatic hydroxyl groups is 1. The Labute approximate surface area is 193 Å². The fraction of sp³-hybridized carbons (Fsp3) is 0.920. The van der Waals surface area contributed by atoms with Gasteiger partial charge in [0.1, 0.15) is 0 Å². The van der Waals surface area contributed by atoms with Crippen molar-refractivity contribution in [2.24, 2.45) is 45.0 Å². The molecular formula is C25H45N5O2. The third-order valence-electron chi connectivity index (χ3n) is 10.2. The molecule has 4 saturated carbocycles. The van der Waals surface area contributed by atoms with Gasteiger partial charge in [0, 0.05) is 25.1 Å². The average Bonchev–Trinajstić information content (AvgIpc) is 3.06. The van der Waals surface area contributed by atoms with E-state index in [1.165, 1.54) is 19.1 Å². The number of hydrogen-bond acceptors (Lipinski definition) is 5. The molecule has 182 valence electrons. The van der Waals surface area contributed by atoms with Crippen LogP contribution in [0.15, 0.2) is 4.99 Å². The van der Waals surface area contributed by atoms with Crippen molar-refractivity contribution in [3.63, 3.8) is 0 Å². The molecular weight excluding hydrogens is 402 g/mol. The van der Waals surface area contributed by atoms with Gasteiger partial charge in [0.15, 0.2) is 5.96 Å². The Hall–Kier alpha value is -1.18. The number of guanidine groups is 1. The van der Waals surface area contributed by atoms with Crippen LogP contribution in [0.25, 0.3) is 0 Å². The van der Waals surface area contributed by atoms with Crippen LogP contribution in [-0.2, 0) is 4.74 Å². The molecule has 4 rings (SSSR count). The zero-order valence-electron chi connectivity index (χ0n) is 20.1.